The molecule has 0 spiro atoms. The topological polar surface area (TPSA) is 51.7 Å². The molecule has 0 unspecified atom stereocenters. The van der Waals surface area contributed by atoms with Gasteiger partial charge in [-0.15, -0.1) is 0 Å². The van der Waals surface area contributed by atoms with Crippen LogP contribution < -0.4 is 14.4 Å². The van der Waals surface area contributed by atoms with Crippen molar-refractivity contribution in [2.45, 2.75) is 13.1 Å². The Balaban J connectivity index is 1.93. The van der Waals surface area contributed by atoms with Gasteiger partial charge in [0, 0.05) is 19.3 Å². The van der Waals surface area contributed by atoms with Crippen molar-refractivity contribution in [3.63, 3.8) is 0 Å². The Kier molecular flexibility index (Phi) is 6.50. The number of aromatic nitrogens is 1. The summed E-state index contributed by atoms with van der Waals surface area (Å²) in [6.45, 7) is 1.12. The van der Waals surface area contributed by atoms with Crippen LogP contribution in [0.25, 0.3) is 0 Å². The van der Waals surface area contributed by atoms with Gasteiger partial charge in [-0.25, -0.2) is 4.98 Å². The van der Waals surface area contributed by atoms with Crippen molar-refractivity contribution in [1.29, 1.82) is 0 Å². The summed E-state index contributed by atoms with van der Waals surface area (Å²) in [5.74, 6) is 2.13. The molecule has 0 aliphatic rings. The molecule has 144 valence electrons. The molecule has 1 aromatic heterocycles. The summed E-state index contributed by atoms with van der Waals surface area (Å²) in [6.07, 6.45) is 1.66. The van der Waals surface area contributed by atoms with Gasteiger partial charge < -0.3 is 14.4 Å². The quantitative estimate of drug-likeness (QED) is 0.517. The summed E-state index contributed by atoms with van der Waals surface area (Å²) in [7, 11) is 3.27. The number of carbonyl (C=O) groups excluding carboxylic acids is 1. The minimum atomic E-state index is -0.530. The summed E-state index contributed by atoms with van der Waals surface area (Å²) >= 11 is 5.80. The Labute approximate surface area is 169 Å². The number of carbonyl (C=O) groups is 1. The third-order valence-electron chi connectivity index (χ3n) is 4.36. The maximum atomic E-state index is 11.9. The van der Waals surface area contributed by atoms with Crippen molar-refractivity contribution in [2.75, 3.05) is 19.1 Å². The highest BCUT2D eigenvalue weighted by atomic mass is 35.5. The molecule has 3 aromatic rings. The molecular formula is C22H21ClN2O3. The maximum absolute atomic E-state index is 11.9. The minimum absolute atomic E-state index is 0.381. The van der Waals surface area contributed by atoms with Crippen molar-refractivity contribution in [3.8, 4) is 11.5 Å². The molecule has 0 fully saturated rings. The molecule has 2 aromatic carbocycles. The van der Waals surface area contributed by atoms with Gasteiger partial charge in [0.05, 0.1) is 19.8 Å². The summed E-state index contributed by atoms with van der Waals surface area (Å²) in [6, 6.07) is 19.0. The number of hydrogen-bond donors (Lipinski definition) is 0. The second kappa shape index (κ2) is 9.24. The predicted octanol–water partition coefficient (Wildman–Crippen LogP) is 4.68. The van der Waals surface area contributed by atoms with Crippen LogP contribution in [0.5, 0.6) is 11.5 Å². The second-order valence-electron chi connectivity index (χ2n) is 6.20. The average molecular weight is 397 g/mol. The maximum Gasteiger partial charge on any atom is 0.256 e. The van der Waals surface area contributed by atoms with Gasteiger partial charge in [-0.2, -0.15) is 0 Å². The van der Waals surface area contributed by atoms with Gasteiger partial charge in [0.1, 0.15) is 17.3 Å². The molecule has 0 aliphatic carbocycles. The molecule has 0 aliphatic heterocycles. The lowest BCUT2D eigenvalue weighted by Crippen LogP contribution is -2.25. The fourth-order valence-electron chi connectivity index (χ4n) is 2.91. The number of methoxy groups -OCH3 is 2. The molecule has 0 amide bonds. The van der Waals surface area contributed by atoms with Crippen LogP contribution in [0.15, 0.2) is 66.9 Å². The van der Waals surface area contributed by atoms with E-state index in [4.69, 9.17) is 21.1 Å². The normalized spacial score (nSPS) is 10.4. The Morgan fingerprint density at radius 3 is 1.82 bits per heavy atom. The number of nitrogens with zero attached hydrogens (tertiary/aromatic N) is 2. The summed E-state index contributed by atoms with van der Waals surface area (Å²) in [4.78, 5) is 18.4. The summed E-state index contributed by atoms with van der Waals surface area (Å²) in [5.41, 5.74) is 2.51. The van der Waals surface area contributed by atoms with Crippen molar-refractivity contribution in [1.82, 2.24) is 4.98 Å². The van der Waals surface area contributed by atoms with Gasteiger partial charge >= 0.3 is 0 Å². The molecule has 6 heteroatoms. The number of benzene rings is 2. The molecule has 0 atom stereocenters. The molecule has 5 nitrogen and oxygen atoms in total. The molecule has 0 saturated carbocycles. The number of pyridine rings is 1. The first-order valence-electron chi connectivity index (χ1n) is 8.76. The van der Waals surface area contributed by atoms with Gasteiger partial charge in [-0.1, -0.05) is 24.3 Å². The first kappa shape index (κ1) is 19.7. The smallest absolute Gasteiger partial charge is 0.256 e. The van der Waals surface area contributed by atoms with Gasteiger partial charge in [-0.3, -0.25) is 4.79 Å². The van der Waals surface area contributed by atoms with E-state index in [0.29, 0.717) is 24.5 Å². The molecule has 28 heavy (non-hydrogen) atoms. The molecule has 0 N–H and O–H groups in total. The Morgan fingerprint density at radius 2 is 1.39 bits per heavy atom. The summed E-state index contributed by atoms with van der Waals surface area (Å²) < 4.78 is 10.5. The van der Waals surface area contributed by atoms with Crippen LogP contribution in [-0.4, -0.2) is 24.4 Å². The number of rotatable bonds is 8. The lowest BCUT2D eigenvalue weighted by Gasteiger charge is -2.25. The minimum Gasteiger partial charge on any atom is -0.497 e. The van der Waals surface area contributed by atoms with E-state index in [9.17, 15) is 4.79 Å². The molecule has 0 bridgehead atoms. The monoisotopic (exact) mass is 396 g/mol. The van der Waals surface area contributed by atoms with E-state index in [0.717, 1.165) is 22.6 Å². The van der Waals surface area contributed by atoms with Gasteiger partial charge in [0.2, 0.25) is 0 Å². The van der Waals surface area contributed by atoms with E-state index in [-0.39, 0.29) is 0 Å². The standard InChI is InChI=1S/C22H21ClN2O3/c1-27-18-9-5-16(6-10-18)14-25(15-17-7-11-19(28-2)12-8-17)22-20(21(23)26)4-3-13-24-22/h3-13H,14-15H2,1-2H3. The highest BCUT2D eigenvalue weighted by Gasteiger charge is 2.17. The Bertz CT molecular complexity index is 878. The Hall–Kier alpha value is -3.05. The fourth-order valence-corrected chi connectivity index (χ4v) is 3.06. The molecule has 0 radical (unpaired) electrons. The van der Waals surface area contributed by atoms with Crippen molar-refractivity contribution >= 4 is 22.7 Å². The molecule has 1 heterocycles. The third-order valence-corrected chi connectivity index (χ3v) is 4.57. The lowest BCUT2D eigenvalue weighted by atomic mass is 10.1. The van der Waals surface area contributed by atoms with Crippen LogP contribution in [0.4, 0.5) is 5.82 Å². The second-order valence-corrected chi connectivity index (χ2v) is 6.54. The highest BCUT2D eigenvalue weighted by Crippen LogP contribution is 2.25. The summed E-state index contributed by atoms with van der Waals surface area (Å²) in [5, 5.41) is -0.530. The van der Waals surface area contributed by atoms with E-state index < -0.39 is 5.24 Å². The molecular weight excluding hydrogens is 376 g/mol. The van der Waals surface area contributed by atoms with Crippen LogP contribution in [0.2, 0.25) is 0 Å². The van der Waals surface area contributed by atoms with Crippen LogP contribution >= 0.6 is 11.6 Å². The van der Waals surface area contributed by atoms with Crippen LogP contribution in [0, 0.1) is 0 Å². The zero-order chi connectivity index (χ0) is 19.9. The van der Waals surface area contributed by atoms with Crippen LogP contribution in [-0.2, 0) is 13.1 Å². The first-order chi connectivity index (χ1) is 13.6. The first-order valence-corrected chi connectivity index (χ1v) is 9.14. The van der Waals surface area contributed by atoms with E-state index in [2.05, 4.69) is 4.98 Å². The Morgan fingerprint density at radius 1 is 0.893 bits per heavy atom. The van der Waals surface area contributed by atoms with Gasteiger partial charge in [0.15, 0.2) is 0 Å². The van der Waals surface area contributed by atoms with Gasteiger partial charge in [0.25, 0.3) is 5.24 Å². The predicted molar refractivity (Wildman–Crippen MR) is 110 cm³/mol. The van der Waals surface area contributed by atoms with Crippen molar-refractivity contribution in [2.24, 2.45) is 0 Å². The van der Waals surface area contributed by atoms with E-state index in [1.54, 1.807) is 32.5 Å². The molecule has 0 saturated heterocycles. The fraction of sp³-hybridized carbons (Fsp3) is 0.182. The zero-order valence-electron chi connectivity index (χ0n) is 15.8. The third kappa shape index (κ3) is 4.81. The van der Waals surface area contributed by atoms with Crippen molar-refractivity contribution < 1.29 is 14.3 Å². The lowest BCUT2D eigenvalue weighted by molar-refractivity contribution is 0.108. The number of ether oxygens (including phenoxy) is 2. The van der Waals surface area contributed by atoms with E-state index in [1.807, 2.05) is 53.4 Å². The largest absolute Gasteiger partial charge is 0.497 e. The number of anilines is 1. The zero-order valence-corrected chi connectivity index (χ0v) is 16.5. The highest BCUT2D eigenvalue weighted by molar-refractivity contribution is 6.68. The van der Waals surface area contributed by atoms with Gasteiger partial charge in [-0.05, 0) is 59.1 Å². The van der Waals surface area contributed by atoms with Crippen LogP contribution in [0.3, 0.4) is 0 Å². The molecule has 3 rings (SSSR count). The van der Waals surface area contributed by atoms with Crippen molar-refractivity contribution in [3.05, 3.63) is 83.6 Å². The average Bonchev–Trinajstić information content (AvgIpc) is 2.74. The SMILES string of the molecule is COc1ccc(CN(Cc2ccc(OC)cc2)c2ncccc2C(=O)Cl)cc1. The van der Waals surface area contributed by atoms with E-state index in [1.165, 1.54) is 0 Å². The van der Waals surface area contributed by atoms with Crippen LogP contribution in [0.1, 0.15) is 21.5 Å². The number of hydrogen-bond acceptors (Lipinski definition) is 5. The number of halogens is 1. The van der Waals surface area contributed by atoms with E-state index >= 15 is 0 Å².